The van der Waals surface area contributed by atoms with Gasteiger partial charge in [-0.3, -0.25) is 14.9 Å². The van der Waals surface area contributed by atoms with E-state index in [9.17, 15) is 24.3 Å². The second-order valence-electron chi connectivity index (χ2n) is 5.64. The first kappa shape index (κ1) is 15.3. The van der Waals surface area contributed by atoms with Crippen molar-refractivity contribution < 1.29 is 24.3 Å². The molecule has 0 saturated carbocycles. The van der Waals surface area contributed by atoms with Gasteiger partial charge in [-0.05, 0) is 32.6 Å². The monoisotopic (exact) mass is 297 g/mol. The number of likely N-dealkylation sites (tertiary alicyclic amines) is 1. The summed E-state index contributed by atoms with van der Waals surface area (Å²) in [5.74, 6) is -1.96. The van der Waals surface area contributed by atoms with Crippen LogP contribution in [0.4, 0.5) is 4.79 Å². The molecule has 0 aromatic carbocycles. The van der Waals surface area contributed by atoms with Crippen LogP contribution in [0.25, 0.3) is 0 Å². The van der Waals surface area contributed by atoms with Gasteiger partial charge in [0.1, 0.15) is 11.6 Å². The average Bonchev–Trinajstić information content (AvgIpc) is 2.42. The lowest BCUT2D eigenvalue weighted by molar-refractivity contribution is -0.150. The van der Waals surface area contributed by atoms with Crippen molar-refractivity contribution in [2.24, 2.45) is 0 Å². The maximum atomic E-state index is 12.3. The number of rotatable bonds is 2. The van der Waals surface area contributed by atoms with Gasteiger partial charge >= 0.3 is 12.0 Å². The molecule has 2 fully saturated rings. The van der Waals surface area contributed by atoms with Crippen molar-refractivity contribution in [2.45, 2.75) is 50.6 Å². The van der Waals surface area contributed by atoms with Gasteiger partial charge in [-0.1, -0.05) is 0 Å². The normalized spacial score (nSPS) is 29.8. The average molecular weight is 297 g/mol. The Morgan fingerprint density at radius 2 is 2.10 bits per heavy atom. The van der Waals surface area contributed by atoms with E-state index in [1.807, 2.05) is 0 Å². The number of imide groups is 1. The highest BCUT2D eigenvalue weighted by atomic mass is 16.4. The smallest absolute Gasteiger partial charge is 0.329 e. The standard InChI is InChI=1S/C13H19N3O5/c1-13(11(19)20)6-2-3-7-16(13)12(21)14-8-4-5-9(17)15-10(8)18/h8H,2-7H2,1H3,(H,14,21)(H,19,20)(H,15,17,18). The van der Waals surface area contributed by atoms with Gasteiger partial charge in [-0.25, -0.2) is 9.59 Å². The van der Waals surface area contributed by atoms with E-state index in [0.717, 1.165) is 12.8 Å². The molecule has 0 radical (unpaired) electrons. The van der Waals surface area contributed by atoms with E-state index < -0.39 is 29.5 Å². The Hall–Kier alpha value is -2.12. The summed E-state index contributed by atoms with van der Waals surface area (Å²) in [6.45, 7) is 1.85. The minimum absolute atomic E-state index is 0.160. The third kappa shape index (κ3) is 2.98. The summed E-state index contributed by atoms with van der Waals surface area (Å²) in [5, 5.41) is 14.0. The Morgan fingerprint density at radius 1 is 1.38 bits per heavy atom. The van der Waals surface area contributed by atoms with Crippen molar-refractivity contribution in [1.29, 1.82) is 0 Å². The van der Waals surface area contributed by atoms with Gasteiger partial charge in [-0.2, -0.15) is 0 Å². The Labute approximate surface area is 121 Å². The first-order chi connectivity index (χ1) is 9.84. The third-order valence-electron chi connectivity index (χ3n) is 4.13. The molecule has 3 N–H and O–H groups in total. The zero-order valence-electron chi connectivity index (χ0n) is 11.8. The minimum atomic E-state index is -1.26. The van der Waals surface area contributed by atoms with E-state index in [1.54, 1.807) is 0 Å². The number of carboxylic acid groups (broad SMARTS) is 1. The largest absolute Gasteiger partial charge is 0.480 e. The highest BCUT2D eigenvalue weighted by Crippen LogP contribution is 2.28. The van der Waals surface area contributed by atoms with Crippen molar-refractivity contribution in [3.8, 4) is 0 Å². The lowest BCUT2D eigenvalue weighted by atomic mass is 9.89. The molecular weight excluding hydrogens is 278 g/mol. The number of aliphatic carboxylic acids is 1. The summed E-state index contributed by atoms with van der Waals surface area (Å²) >= 11 is 0. The van der Waals surface area contributed by atoms with E-state index >= 15 is 0 Å². The summed E-state index contributed by atoms with van der Waals surface area (Å²) < 4.78 is 0. The second-order valence-corrected chi connectivity index (χ2v) is 5.64. The predicted octanol–water partition coefficient (Wildman–Crippen LogP) is -0.170. The highest BCUT2D eigenvalue weighted by molar-refractivity contribution is 6.01. The molecule has 0 aliphatic carbocycles. The van der Waals surface area contributed by atoms with Crippen LogP contribution < -0.4 is 10.6 Å². The Balaban J connectivity index is 2.06. The fourth-order valence-corrected chi connectivity index (χ4v) is 2.73. The van der Waals surface area contributed by atoms with Crippen LogP contribution in [-0.2, 0) is 14.4 Å². The first-order valence-corrected chi connectivity index (χ1v) is 7.00. The van der Waals surface area contributed by atoms with Gasteiger partial charge in [0.05, 0.1) is 0 Å². The lowest BCUT2D eigenvalue weighted by Crippen LogP contribution is -2.63. The summed E-state index contributed by atoms with van der Waals surface area (Å²) in [4.78, 5) is 47.7. The topological polar surface area (TPSA) is 116 Å². The molecule has 0 bridgehead atoms. The fraction of sp³-hybridized carbons (Fsp3) is 0.692. The summed E-state index contributed by atoms with van der Waals surface area (Å²) in [6, 6.07) is -1.37. The van der Waals surface area contributed by atoms with Gasteiger partial charge in [-0.15, -0.1) is 0 Å². The quantitative estimate of drug-likeness (QED) is 0.612. The Morgan fingerprint density at radius 3 is 2.71 bits per heavy atom. The van der Waals surface area contributed by atoms with Crippen molar-refractivity contribution in [3.05, 3.63) is 0 Å². The molecule has 8 nitrogen and oxygen atoms in total. The van der Waals surface area contributed by atoms with Crippen LogP contribution in [0.3, 0.4) is 0 Å². The zero-order valence-corrected chi connectivity index (χ0v) is 11.8. The van der Waals surface area contributed by atoms with Gasteiger partial charge < -0.3 is 15.3 Å². The summed E-state index contributed by atoms with van der Waals surface area (Å²) in [6.07, 6.45) is 2.24. The van der Waals surface area contributed by atoms with E-state index in [0.29, 0.717) is 13.0 Å². The van der Waals surface area contributed by atoms with Gasteiger partial charge in [0, 0.05) is 13.0 Å². The first-order valence-electron chi connectivity index (χ1n) is 7.00. The van der Waals surface area contributed by atoms with Crippen LogP contribution in [0, 0.1) is 0 Å². The van der Waals surface area contributed by atoms with Crippen molar-refractivity contribution in [1.82, 2.24) is 15.5 Å². The van der Waals surface area contributed by atoms with Crippen LogP contribution >= 0.6 is 0 Å². The maximum absolute atomic E-state index is 12.3. The number of carbonyl (C=O) groups is 4. The fourth-order valence-electron chi connectivity index (χ4n) is 2.73. The Bertz CT molecular complexity index is 492. The van der Waals surface area contributed by atoms with Gasteiger partial charge in [0.15, 0.2) is 0 Å². The number of carbonyl (C=O) groups excluding carboxylic acids is 3. The molecule has 0 aromatic heterocycles. The third-order valence-corrected chi connectivity index (χ3v) is 4.13. The highest BCUT2D eigenvalue weighted by Gasteiger charge is 2.44. The van der Waals surface area contributed by atoms with Crippen molar-refractivity contribution in [2.75, 3.05) is 6.54 Å². The number of carboxylic acids is 1. The molecule has 2 aliphatic rings. The summed E-state index contributed by atoms with van der Waals surface area (Å²) in [7, 11) is 0. The molecular formula is C13H19N3O5. The van der Waals surface area contributed by atoms with E-state index in [2.05, 4.69) is 10.6 Å². The minimum Gasteiger partial charge on any atom is -0.480 e. The van der Waals surface area contributed by atoms with E-state index in [4.69, 9.17) is 0 Å². The predicted molar refractivity (Wildman–Crippen MR) is 71.3 cm³/mol. The SMILES string of the molecule is CC1(C(=O)O)CCCCN1C(=O)NC1CCC(=O)NC1=O. The number of piperidine rings is 2. The maximum Gasteiger partial charge on any atom is 0.329 e. The second kappa shape index (κ2) is 5.71. The number of hydrogen-bond acceptors (Lipinski definition) is 4. The molecule has 21 heavy (non-hydrogen) atoms. The number of hydrogen-bond donors (Lipinski definition) is 3. The molecule has 4 amide bonds. The molecule has 116 valence electrons. The van der Waals surface area contributed by atoms with Gasteiger partial charge in [0.25, 0.3) is 0 Å². The van der Waals surface area contributed by atoms with Crippen LogP contribution in [0.15, 0.2) is 0 Å². The number of urea groups is 1. The molecule has 2 unspecified atom stereocenters. The molecule has 2 rings (SSSR count). The van der Waals surface area contributed by atoms with Crippen LogP contribution in [0.2, 0.25) is 0 Å². The molecule has 2 heterocycles. The lowest BCUT2D eigenvalue weighted by Gasteiger charge is -2.42. The molecule has 0 aromatic rings. The number of nitrogens with one attached hydrogen (secondary N) is 2. The van der Waals surface area contributed by atoms with E-state index in [1.165, 1.54) is 11.8 Å². The van der Waals surface area contributed by atoms with Crippen LogP contribution in [-0.4, -0.2) is 51.9 Å². The van der Waals surface area contributed by atoms with Crippen LogP contribution in [0.1, 0.15) is 39.0 Å². The van der Waals surface area contributed by atoms with Crippen molar-refractivity contribution >= 4 is 23.8 Å². The van der Waals surface area contributed by atoms with Crippen LogP contribution in [0.5, 0.6) is 0 Å². The van der Waals surface area contributed by atoms with E-state index in [-0.39, 0.29) is 18.7 Å². The Kier molecular flexibility index (Phi) is 4.15. The number of nitrogens with zero attached hydrogens (tertiary/aromatic N) is 1. The van der Waals surface area contributed by atoms with Crippen molar-refractivity contribution in [3.63, 3.8) is 0 Å². The summed E-state index contributed by atoms with van der Waals surface area (Å²) in [5.41, 5.74) is -1.26. The molecule has 2 aliphatic heterocycles. The van der Waals surface area contributed by atoms with Gasteiger partial charge in [0.2, 0.25) is 11.8 Å². The molecule has 8 heteroatoms. The molecule has 0 spiro atoms. The molecule has 2 saturated heterocycles. The number of amides is 4. The zero-order chi connectivity index (χ0) is 15.6. The molecule has 2 atom stereocenters.